The topological polar surface area (TPSA) is 118 Å². The maximum atomic E-state index is 10.1. The zero-order chi connectivity index (χ0) is 12.2. The Balaban J connectivity index is 4.64. The molecule has 5 N–H and O–H groups in total. The number of rotatable bonds is 5. The Morgan fingerprint density at radius 1 is 1.07 bits per heavy atom. The molecule has 15 heavy (non-hydrogen) atoms. The number of aliphatic hydroxyl groups excluding tert-OH is 5. The Hall–Kier alpha value is -0.950. The van der Waals surface area contributed by atoms with Gasteiger partial charge in [-0.15, -0.1) is 0 Å². The van der Waals surface area contributed by atoms with Gasteiger partial charge in [-0.3, -0.25) is 0 Å². The maximum absolute atomic E-state index is 10.1. The lowest BCUT2D eigenvalue weighted by atomic mass is 10.0. The van der Waals surface area contributed by atoms with Crippen LogP contribution in [0.2, 0.25) is 0 Å². The molecular formula is C9H16O6. The highest BCUT2D eigenvalue weighted by atomic mass is 16.4. The van der Waals surface area contributed by atoms with Crippen LogP contribution in [0.15, 0.2) is 11.3 Å². The van der Waals surface area contributed by atoms with Crippen molar-refractivity contribution in [2.45, 2.75) is 38.3 Å². The average Bonchev–Trinajstić information content (AvgIpc) is 2.23. The SMILES string of the molecule is CC(C)=C(O)C(O)C(O)C(O)C(O)C=O. The minimum absolute atomic E-state index is 0.0279. The monoisotopic (exact) mass is 220 g/mol. The quantitative estimate of drug-likeness (QED) is 0.284. The second-order valence-electron chi connectivity index (χ2n) is 3.44. The molecule has 0 amide bonds. The molecule has 0 fully saturated rings. The van der Waals surface area contributed by atoms with Gasteiger partial charge in [-0.1, -0.05) is 0 Å². The zero-order valence-electron chi connectivity index (χ0n) is 8.53. The third-order valence-electron chi connectivity index (χ3n) is 1.96. The van der Waals surface area contributed by atoms with Crippen molar-refractivity contribution in [2.75, 3.05) is 0 Å². The standard InChI is InChI=1S/C9H16O6/c1-4(2)6(12)8(14)9(15)7(13)5(11)3-10/h3,5,7-9,11-15H,1-2H3. The molecule has 0 aromatic heterocycles. The van der Waals surface area contributed by atoms with Gasteiger partial charge in [0.25, 0.3) is 0 Å². The Morgan fingerprint density at radius 3 is 1.87 bits per heavy atom. The molecule has 0 aliphatic heterocycles. The normalized spacial score (nSPS) is 18.8. The molecule has 0 saturated carbocycles. The van der Waals surface area contributed by atoms with Crippen LogP contribution < -0.4 is 0 Å². The minimum Gasteiger partial charge on any atom is -0.510 e. The predicted octanol–water partition coefficient (Wildman–Crippen LogP) is -1.52. The molecule has 6 heteroatoms. The van der Waals surface area contributed by atoms with Crippen LogP contribution in [0.25, 0.3) is 0 Å². The van der Waals surface area contributed by atoms with Crippen molar-refractivity contribution >= 4 is 6.29 Å². The van der Waals surface area contributed by atoms with Gasteiger partial charge >= 0.3 is 0 Å². The number of carbonyl (C=O) groups excluding carboxylic acids is 1. The lowest BCUT2D eigenvalue weighted by molar-refractivity contribution is -0.133. The summed E-state index contributed by atoms with van der Waals surface area (Å²) in [6.45, 7) is 2.99. The Bertz CT molecular complexity index is 245. The molecule has 0 radical (unpaired) electrons. The van der Waals surface area contributed by atoms with E-state index in [0.29, 0.717) is 5.57 Å². The van der Waals surface area contributed by atoms with E-state index in [-0.39, 0.29) is 6.29 Å². The van der Waals surface area contributed by atoms with Crippen molar-refractivity contribution < 1.29 is 30.3 Å². The minimum atomic E-state index is -1.85. The molecular weight excluding hydrogens is 204 g/mol. The summed E-state index contributed by atoms with van der Waals surface area (Å²) in [5.41, 5.74) is 0.356. The Kier molecular flexibility index (Phi) is 5.45. The van der Waals surface area contributed by atoms with E-state index in [1.54, 1.807) is 0 Å². The molecule has 6 nitrogen and oxygen atoms in total. The highest BCUT2D eigenvalue weighted by Crippen LogP contribution is 2.12. The highest BCUT2D eigenvalue weighted by Gasteiger charge is 2.32. The van der Waals surface area contributed by atoms with Crippen molar-refractivity contribution in [2.24, 2.45) is 0 Å². The summed E-state index contributed by atoms with van der Waals surface area (Å²) in [6.07, 6.45) is -7.20. The summed E-state index contributed by atoms with van der Waals surface area (Å²) in [5, 5.41) is 45.9. The zero-order valence-corrected chi connectivity index (χ0v) is 8.53. The number of allylic oxidation sites excluding steroid dienone is 1. The molecule has 0 rings (SSSR count). The lowest BCUT2D eigenvalue weighted by Gasteiger charge is -2.24. The summed E-state index contributed by atoms with van der Waals surface area (Å²) in [4.78, 5) is 10.1. The van der Waals surface area contributed by atoms with Gasteiger partial charge in [0.15, 0.2) is 6.29 Å². The van der Waals surface area contributed by atoms with E-state index in [4.69, 9.17) is 10.2 Å². The molecule has 0 bridgehead atoms. The third-order valence-corrected chi connectivity index (χ3v) is 1.96. The summed E-state index contributed by atoms with van der Waals surface area (Å²) in [6, 6.07) is 0. The summed E-state index contributed by atoms with van der Waals surface area (Å²) in [5.74, 6) is -0.500. The van der Waals surface area contributed by atoms with E-state index in [1.165, 1.54) is 13.8 Å². The first-order chi connectivity index (χ1) is 6.82. The summed E-state index contributed by atoms with van der Waals surface area (Å²) < 4.78 is 0. The molecule has 0 saturated heterocycles. The molecule has 0 heterocycles. The maximum Gasteiger partial charge on any atom is 0.151 e. The largest absolute Gasteiger partial charge is 0.510 e. The Labute approximate surface area is 87.1 Å². The van der Waals surface area contributed by atoms with Gasteiger partial charge in [-0.25, -0.2) is 0 Å². The fourth-order valence-corrected chi connectivity index (χ4v) is 0.927. The van der Waals surface area contributed by atoms with E-state index >= 15 is 0 Å². The summed E-state index contributed by atoms with van der Waals surface area (Å²) >= 11 is 0. The van der Waals surface area contributed by atoms with Crippen LogP contribution in [0.1, 0.15) is 13.8 Å². The van der Waals surface area contributed by atoms with Crippen molar-refractivity contribution in [1.29, 1.82) is 0 Å². The van der Waals surface area contributed by atoms with Crippen molar-refractivity contribution in [1.82, 2.24) is 0 Å². The van der Waals surface area contributed by atoms with Crippen molar-refractivity contribution in [3.63, 3.8) is 0 Å². The first-order valence-electron chi connectivity index (χ1n) is 4.36. The van der Waals surface area contributed by atoms with Gasteiger partial charge < -0.3 is 30.3 Å². The predicted molar refractivity (Wildman–Crippen MR) is 51.1 cm³/mol. The lowest BCUT2D eigenvalue weighted by Crippen LogP contribution is -2.45. The first-order valence-corrected chi connectivity index (χ1v) is 4.36. The van der Waals surface area contributed by atoms with Crippen molar-refractivity contribution in [3.05, 3.63) is 11.3 Å². The molecule has 4 unspecified atom stereocenters. The van der Waals surface area contributed by atoms with E-state index < -0.39 is 30.2 Å². The number of aldehydes is 1. The van der Waals surface area contributed by atoms with Crippen LogP contribution >= 0.6 is 0 Å². The van der Waals surface area contributed by atoms with Crippen LogP contribution in [0.4, 0.5) is 0 Å². The molecule has 0 aromatic carbocycles. The van der Waals surface area contributed by atoms with Gasteiger partial charge in [0.2, 0.25) is 0 Å². The van der Waals surface area contributed by atoms with Gasteiger partial charge in [0, 0.05) is 0 Å². The fraction of sp³-hybridized carbons (Fsp3) is 0.667. The van der Waals surface area contributed by atoms with Gasteiger partial charge in [-0.05, 0) is 19.4 Å². The first kappa shape index (κ1) is 14.1. The third kappa shape index (κ3) is 3.60. The number of hydrogen-bond donors (Lipinski definition) is 5. The van der Waals surface area contributed by atoms with Crippen LogP contribution in [0.5, 0.6) is 0 Å². The summed E-state index contributed by atoms with van der Waals surface area (Å²) in [7, 11) is 0. The molecule has 0 aromatic rings. The Morgan fingerprint density at radius 2 is 1.53 bits per heavy atom. The highest BCUT2D eigenvalue weighted by molar-refractivity contribution is 5.56. The van der Waals surface area contributed by atoms with Gasteiger partial charge in [0.1, 0.15) is 30.2 Å². The van der Waals surface area contributed by atoms with E-state index in [2.05, 4.69) is 0 Å². The van der Waals surface area contributed by atoms with E-state index in [0.717, 1.165) is 0 Å². The average molecular weight is 220 g/mol. The number of hydrogen-bond acceptors (Lipinski definition) is 6. The second-order valence-corrected chi connectivity index (χ2v) is 3.44. The van der Waals surface area contributed by atoms with Crippen LogP contribution in [-0.4, -0.2) is 56.2 Å². The fourth-order valence-electron chi connectivity index (χ4n) is 0.927. The van der Waals surface area contributed by atoms with Crippen LogP contribution in [0, 0.1) is 0 Å². The van der Waals surface area contributed by atoms with Crippen LogP contribution in [0.3, 0.4) is 0 Å². The van der Waals surface area contributed by atoms with E-state index in [9.17, 15) is 20.1 Å². The number of carbonyl (C=O) groups is 1. The molecule has 0 spiro atoms. The van der Waals surface area contributed by atoms with Gasteiger partial charge in [-0.2, -0.15) is 0 Å². The van der Waals surface area contributed by atoms with E-state index in [1.807, 2.05) is 0 Å². The van der Waals surface area contributed by atoms with Crippen LogP contribution in [-0.2, 0) is 4.79 Å². The van der Waals surface area contributed by atoms with Crippen molar-refractivity contribution in [3.8, 4) is 0 Å². The number of aliphatic hydroxyl groups is 5. The smallest absolute Gasteiger partial charge is 0.151 e. The van der Waals surface area contributed by atoms with Gasteiger partial charge in [0.05, 0.1) is 0 Å². The molecule has 4 atom stereocenters. The molecule has 0 aliphatic rings. The molecule has 0 aliphatic carbocycles. The molecule has 88 valence electrons. The second kappa shape index (κ2) is 5.82.